The lowest BCUT2D eigenvalue weighted by molar-refractivity contribution is -0.00214. The van der Waals surface area contributed by atoms with Crippen molar-refractivity contribution in [1.82, 2.24) is 9.88 Å². The molecule has 3 nitrogen and oxygen atoms in total. The highest BCUT2D eigenvalue weighted by molar-refractivity contribution is 9.09. The van der Waals surface area contributed by atoms with Crippen molar-refractivity contribution < 1.29 is 4.74 Å². The topological polar surface area (TPSA) is 25.4 Å². The second-order valence-corrected chi connectivity index (χ2v) is 5.54. The predicted octanol–water partition coefficient (Wildman–Crippen LogP) is 2.83. The number of fused-ring (bicyclic) bond motifs is 1. The zero-order valence-electron chi connectivity index (χ0n) is 10.8. The van der Waals surface area contributed by atoms with Crippen LogP contribution in [0.5, 0.6) is 0 Å². The summed E-state index contributed by atoms with van der Waals surface area (Å²) in [6.07, 6.45) is 1.99. The number of benzene rings is 1. The van der Waals surface area contributed by atoms with Crippen LogP contribution in [0.25, 0.3) is 10.9 Å². The molecule has 0 bridgehead atoms. The number of ether oxygens (including phenoxy) is 1. The van der Waals surface area contributed by atoms with E-state index in [-0.39, 0.29) is 0 Å². The summed E-state index contributed by atoms with van der Waals surface area (Å²) in [7, 11) is 0. The van der Waals surface area contributed by atoms with Crippen LogP contribution in [0.4, 0.5) is 0 Å². The molecule has 4 heteroatoms. The lowest BCUT2D eigenvalue weighted by Crippen LogP contribution is -2.45. The summed E-state index contributed by atoms with van der Waals surface area (Å²) >= 11 is 3.57. The number of rotatable bonds is 3. The first-order valence-electron chi connectivity index (χ1n) is 6.58. The monoisotopic (exact) mass is 320 g/mol. The van der Waals surface area contributed by atoms with E-state index in [0.29, 0.717) is 6.04 Å². The molecular weight excluding hydrogens is 304 g/mol. The van der Waals surface area contributed by atoms with Crippen molar-refractivity contribution in [3.05, 3.63) is 42.1 Å². The van der Waals surface area contributed by atoms with E-state index < -0.39 is 0 Å². The molecule has 1 atom stereocenters. The van der Waals surface area contributed by atoms with E-state index >= 15 is 0 Å². The number of pyridine rings is 1. The Morgan fingerprint density at radius 2 is 2.26 bits per heavy atom. The first-order chi connectivity index (χ1) is 9.36. The average molecular weight is 321 g/mol. The van der Waals surface area contributed by atoms with Crippen LogP contribution in [0.15, 0.2) is 36.5 Å². The Balaban J connectivity index is 1.80. The van der Waals surface area contributed by atoms with E-state index in [1.54, 1.807) is 0 Å². The van der Waals surface area contributed by atoms with E-state index in [0.717, 1.165) is 37.2 Å². The Hall–Kier alpha value is -0.970. The number of hydrogen-bond donors (Lipinski definition) is 0. The molecule has 1 saturated heterocycles. The van der Waals surface area contributed by atoms with Crippen molar-refractivity contribution in [1.29, 1.82) is 0 Å². The van der Waals surface area contributed by atoms with Gasteiger partial charge in [0.05, 0.1) is 18.7 Å². The summed E-state index contributed by atoms with van der Waals surface area (Å²) in [5.41, 5.74) is 2.33. The molecule has 2 heterocycles. The lowest BCUT2D eigenvalue weighted by Gasteiger charge is -2.34. The highest BCUT2D eigenvalue weighted by Gasteiger charge is 2.21. The number of alkyl halides is 1. The van der Waals surface area contributed by atoms with Gasteiger partial charge in [-0.2, -0.15) is 0 Å². The van der Waals surface area contributed by atoms with Gasteiger partial charge in [-0.05, 0) is 17.7 Å². The quantitative estimate of drug-likeness (QED) is 0.813. The summed E-state index contributed by atoms with van der Waals surface area (Å²) in [5, 5.41) is 2.16. The number of halogens is 1. The Labute approximate surface area is 121 Å². The standard InChI is InChI=1S/C15H17BrN2O/c16-8-14-11-19-6-5-18(14)10-12-7-13-3-1-2-4-15(13)17-9-12/h1-4,7,9,14H,5-6,8,10-11H2. The smallest absolute Gasteiger partial charge is 0.0702 e. The van der Waals surface area contributed by atoms with Gasteiger partial charge >= 0.3 is 0 Å². The van der Waals surface area contributed by atoms with Crippen LogP contribution in [0.2, 0.25) is 0 Å². The lowest BCUT2D eigenvalue weighted by atomic mass is 10.1. The zero-order chi connectivity index (χ0) is 13.1. The molecule has 0 radical (unpaired) electrons. The minimum Gasteiger partial charge on any atom is -0.378 e. The summed E-state index contributed by atoms with van der Waals surface area (Å²) in [5.74, 6) is 0. The van der Waals surface area contributed by atoms with Gasteiger partial charge in [0.2, 0.25) is 0 Å². The number of morpholine rings is 1. The van der Waals surface area contributed by atoms with Crippen molar-refractivity contribution in [3.8, 4) is 0 Å². The van der Waals surface area contributed by atoms with Crippen LogP contribution in [-0.2, 0) is 11.3 Å². The van der Waals surface area contributed by atoms with Crippen molar-refractivity contribution in [2.75, 3.05) is 25.1 Å². The van der Waals surface area contributed by atoms with E-state index in [1.165, 1.54) is 10.9 Å². The largest absolute Gasteiger partial charge is 0.378 e. The molecular formula is C15H17BrN2O. The minimum atomic E-state index is 0.459. The number of para-hydroxylation sites is 1. The molecule has 1 aromatic heterocycles. The minimum absolute atomic E-state index is 0.459. The molecule has 2 aromatic rings. The average Bonchev–Trinajstić information content (AvgIpc) is 2.48. The van der Waals surface area contributed by atoms with Crippen molar-refractivity contribution in [2.45, 2.75) is 12.6 Å². The zero-order valence-corrected chi connectivity index (χ0v) is 12.3. The molecule has 1 unspecified atom stereocenters. The molecule has 0 N–H and O–H groups in total. The maximum atomic E-state index is 5.52. The predicted molar refractivity (Wildman–Crippen MR) is 80.6 cm³/mol. The van der Waals surface area contributed by atoms with Gasteiger partial charge in [0, 0.05) is 36.0 Å². The highest BCUT2D eigenvalue weighted by Crippen LogP contribution is 2.17. The number of hydrogen-bond acceptors (Lipinski definition) is 3. The SMILES string of the molecule is BrCC1COCCN1Cc1cnc2ccccc2c1. The van der Waals surface area contributed by atoms with Gasteiger partial charge in [0.15, 0.2) is 0 Å². The second kappa shape index (κ2) is 5.99. The van der Waals surface area contributed by atoms with Gasteiger partial charge in [0.25, 0.3) is 0 Å². The van der Waals surface area contributed by atoms with Gasteiger partial charge in [-0.3, -0.25) is 9.88 Å². The molecule has 0 amide bonds. The first-order valence-corrected chi connectivity index (χ1v) is 7.70. The molecule has 3 rings (SSSR count). The maximum absolute atomic E-state index is 5.52. The van der Waals surface area contributed by atoms with E-state index in [4.69, 9.17) is 4.74 Å². The molecule has 1 fully saturated rings. The van der Waals surface area contributed by atoms with Crippen LogP contribution >= 0.6 is 15.9 Å². The normalized spacial score (nSPS) is 20.8. The number of nitrogens with zero attached hydrogens (tertiary/aromatic N) is 2. The van der Waals surface area contributed by atoms with Crippen LogP contribution in [0, 0.1) is 0 Å². The molecule has 1 aliphatic heterocycles. The Morgan fingerprint density at radius 1 is 1.37 bits per heavy atom. The third-order valence-electron chi connectivity index (χ3n) is 3.56. The third-order valence-corrected chi connectivity index (χ3v) is 4.31. The van der Waals surface area contributed by atoms with Crippen molar-refractivity contribution in [3.63, 3.8) is 0 Å². The molecule has 19 heavy (non-hydrogen) atoms. The summed E-state index contributed by atoms with van der Waals surface area (Å²) in [6, 6.07) is 11.0. The summed E-state index contributed by atoms with van der Waals surface area (Å²) < 4.78 is 5.52. The van der Waals surface area contributed by atoms with Gasteiger partial charge in [0.1, 0.15) is 0 Å². The Kier molecular flexibility index (Phi) is 4.11. The molecule has 100 valence electrons. The fourth-order valence-corrected chi connectivity index (χ4v) is 3.07. The van der Waals surface area contributed by atoms with Crippen molar-refractivity contribution in [2.24, 2.45) is 0 Å². The highest BCUT2D eigenvalue weighted by atomic mass is 79.9. The number of aromatic nitrogens is 1. The Morgan fingerprint density at radius 3 is 3.16 bits per heavy atom. The van der Waals surface area contributed by atoms with E-state index in [1.807, 2.05) is 12.3 Å². The molecule has 1 aliphatic rings. The molecule has 1 aromatic carbocycles. The summed E-state index contributed by atoms with van der Waals surface area (Å²) in [4.78, 5) is 6.99. The van der Waals surface area contributed by atoms with Crippen LogP contribution < -0.4 is 0 Å². The fourth-order valence-electron chi connectivity index (χ4n) is 2.48. The van der Waals surface area contributed by atoms with E-state index in [9.17, 15) is 0 Å². The third kappa shape index (κ3) is 2.96. The van der Waals surface area contributed by atoms with E-state index in [2.05, 4.69) is 50.1 Å². The summed E-state index contributed by atoms with van der Waals surface area (Å²) in [6.45, 7) is 3.57. The van der Waals surface area contributed by atoms with Crippen molar-refractivity contribution >= 4 is 26.8 Å². The van der Waals surface area contributed by atoms with Gasteiger partial charge < -0.3 is 4.74 Å². The van der Waals surface area contributed by atoms with Crippen LogP contribution in [-0.4, -0.2) is 41.0 Å². The molecule has 0 aliphatic carbocycles. The van der Waals surface area contributed by atoms with Crippen LogP contribution in [0.1, 0.15) is 5.56 Å². The van der Waals surface area contributed by atoms with Gasteiger partial charge in [-0.25, -0.2) is 0 Å². The first kappa shape index (κ1) is 13.0. The van der Waals surface area contributed by atoms with Gasteiger partial charge in [-0.15, -0.1) is 0 Å². The Bertz CT molecular complexity index is 561. The molecule has 0 saturated carbocycles. The molecule has 0 spiro atoms. The van der Waals surface area contributed by atoms with Crippen LogP contribution in [0.3, 0.4) is 0 Å². The maximum Gasteiger partial charge on any atom is 0.0702 e. The fraction of sp³-hybridized carbons (Fsp3) is 0.400. The second-order valence-electron chi connectivity index (χ2n) is 4.89. The van der Waals surface area contributed by atoms with Gasteiger partial charge in [-0.1, -0.05) is 34.1 Å².